The lowest BCUT2D eigenvalue weighted by Gasteiger charge is -2.18. The average Bonchev–Trinajstić information content (AvgIpc) is 3.40. The van der Waals surface area contributed by atoms with E-state index in [1.54, 1.807) is 0 Å². The Kier molecular flexibility index (Phi) is 62.6. The third-order valence-corrected chi connectivity index (χ3v) is 15.9. The van der Waals surface area contributed by atoms with Gasteiger partial charge >= 0.3 is 17.9 Å². The van der Waals surface area contributed by atoms with Gasteiger partial charge in [-0.15, -0.1) is 0 Å². The van der Waals surface area contributed by atoms with Crippen molar-refractivity contribution in [3.05, 3.63) is 0 Å². The molecule has 0 saturated carbocycles. The van der Waals surface area contributed by atoms with Crippen LogP contribution in [0.15, 0.2) is 0 Å². The molecule has 0 saturated heterocycles. The zero-order valence-electron chi connectivity index (χ0n) is 50.7. The highest BCUT2D eigenvalue weighted by Gasteiger charge is 2.19. The molecule has 74 heavy (non-hydrogen) atoms. The molecule has 0 fully saturated rings. The molecule has 0 aromatic carbocycles. The SMILES string of the molecule is CCCCCCCCCCCCCCCCCCCCCCCCCCCCCCCCCC(=O)OCC(COC(=O)CCCCCCCCCCC)OC(=O)CCCCCCCCCCCCCCCCCC. The maximum Gasteiger partial charge on any atom is 0.306 e. The van der Waals surface area contributed by atoms with Gasteiger partial charge in [-0.3, -0.25) is 14.4 Å². The first-order valence-corrected chi connectivity index (χ1v) is 34.0. The molecule has 0 aliphatic rings. The zero-order valence-corrected chi connectivity index (χ0v) is 50.7. The number of carbonyl (C=O) groups excluding carboxylic acids is 3. The Bertz CT molecular complexity index is 1110. The summed E-state index contributed by atoms with van der Waals surface area (Å²) in [4.78, 5) is 38.2. The summed E-state index contributed by atoms with van der Waals surface area (Å²) in [6.07, 6.45) is 74.4. The monoisotopic (exact) mass is 1050 g/mol. The first kappa shape index (κ1) is 72.4. The molecule has 440 valence electrons. The zero-order chi connectivity index (χ0) is 53.6. The third-order valence-electron chi connectivity index (χ3n) is 15.9. The highest BCUT2D eigenvalue weighted by atomic mass is 16.6. The van der Waals surface area contributed by atoms with Crippen LogP contribution in [0.2, 0.25) is 0 Å². The Morgan fingerprint density at radius 1 is 0.216 bits per heavy atom. The fraction of sp³-hybridized carbons (Fsp3) is 0.956. The van der Waals surface area contributed by atoms with Crippen LogP contribution in [0.5, 0.6) is 0 Å². The molecule has 0 spiro atoms. The van der Waals surface area contributed by atoms with Crippen LogP contribution in [-0.4, -0.2) is 37.2 Å². The molecule has 0 radical (unpaired) electrons. The van der Waals surface area contributed by atoms with Gasteiger partial charge in [0.05, 0.1) is 0 Å². The summed E-state index contributed by atoms with van der Waals surface area (Å²) >= 11 is 0. The fourth-order valence-electron chi connectivity index (χ4n) is 10.7. The van der Waals surface area contributed by atoms with E-state index in [-0.39, 0.29) is 31.1 Å². The minimum absolute atomic E-state index is 0.0611. The van der Waals surface area contributed by atoms with E-state index in [4.69, 9.17) is 14.2 Å². The lowest BCUT2D eigenvalue weighted by molar-refractivity contribution is -0.167. The largest absolute Gasteiger partial charge is 0.462 e. The molecule has 6 heteroatoms. The standard InChI is InChI=1S/C68H132O6/c1-4-7-10-13-16-19-21-23-25-27-28-29-30-31-32-33-34-35-36-37-38-39-40-41-43-44-46-49-52-55-58-61-67(70)73-64-65(63-72-66(69)60-57-54-51-48-18-15-12-9-6-3)74-68(71)62-59-56-53-50-47-45-42-26-24-22-20-17-14-11-8-5-2/h65H,4-64H2,1-3H3. The van der Waals surface area contributed by atoms with Crippen molar-refractivity contribution in [2.45, 2.75) is 406 Å². The van der Waals surface area contributed by atoms with Crippen LogP contribution in [0.3, 0.4) is 0 Å². The van der Waals surface area contributed by atoms with Crippen molar-refractivity contribution in [3.8, 4) is 0 Å². The molecule has 1 unspecified atom stereocenters. The Morgan fingerprint density at radius 2 is 0.365 bits per heavy atom. The molecule has 0 amide bonds. The van der Waals surface area contributed by atoms with Crippen LogP contribution in [0.25, 0.3) is 0 Å². The van der Waals surface area contributed by atoms with Crippen LogP contribution in [-0.2, 0) is 28.6 Å². The summed E-state index contributed by atoms with van der Waals surface area (Å²) in [7, 11) is 0. The Hall–Kier alpha value is -1.59. The molecule has 0 aliphatic heterocycles. The highest BCUT2D eigenvalue weighted by Crippen LogP contribution is 2.19. The first-order valence-electron chi connectivity index (χ1n) is 34.0. The predicted molar refractivity (Wildman–Crippen MR) is 321 cm³/mol. The van der Waals surface area contributed by atoms with Gasteiger partial charge in [0.25, 0.3) is 0 Å². The summed E-state index contributed by atoms with van der Waals surface area (Å²) in [6, 6.07) is 0. The third kappa shape index (κ3) is 61.3. The molecule has 0 N–H and O–H groups in total. The minimum Gasteiger partial charge on any atom is -0.462 e. The number of unbranched alkanes of at least 4 members (excludes halogenated alkanes) is 53. The molecule has 1 atom stereocenters. The number of hydrogen-bond donors (Lipinski definition) is 0. The van der Waals surface area contributed by atoms with Crippen LogP contribution in [0, 0.1) is 0 Å². The van der Waals surface area contributed by atoms with Crippen LogP contribution < -0.4 is 0 Å². The van der Waals surface area contributed by atoms with E-state index in [0.717, 1.165) is 57.8 Å². The van der Waals surface area contributed by atoms with Gasteiger partial charge in [-0.25, -0.2) is 0 Å². The normalized spacial score (nSPS) is 11.9. The molecule has 0 bridgehead atoms. The van der Waals surface area contributed by atoms with Gasteiger partial charge in [-0.1, -0.05) is 361 Å². The molecule has 0 rings (SSSR count). The first-order chi connectivity index (χ1) is 36.5. The molecular weight excluding hydrogens is 913 g/mol. The van der Waals surface area contributed by atoms with E-state index < -0.39 is 6.10 Å². The number of hydrogen-bond acceptors (Lipinski definition) is 6. The minimum atomic E-state index is -0.761. The second-order valence-electron chi connectivity index (χ2n) is 23.5. The van der Waals surface area contributed by atoms with Gasteiger partial charge in [0.2, 0.25) is 0 Å². The smallest absolute Gasteiger partial charge is 0.306 e. The maximum absolute atomic E-state index is 12.9. The van der Waals surface area contributed by atoms with Gasteiger partial charge in [0.15, 0.2) is 6.10 Å². The van der Waals surface area contributed by atoms with Gasteiger partial charge < -0.3 is 14.2 Å². The summed E-state index contributed by atoms with van der Waals surface area (Å²) < 4.78 is 16.9. The van der Waals surface area contributed by atoms with E-state index >= 15 is 0 Å². The van der Waals surface area contributed by atoms with Crippen molar-refractivity contribution < 1.29 is 28.6 Å². The van der Waals surface area contributed by atoms with E-state index in [1.807, 2.05) is 0 Å². The Labute approximate surface area is 463 Å². The van der Waals surface area contributed by atoms with E-state index in [1.165, 1.54) is 302 Å². The van der Waals surface area contributed by atoms with Crippen LogP contribution in [0.1, 0.15) is 400 Å². The maximum atomic E-state index is 12.9. The van der Waals surface area contributed by atoms with Crippen molar-refractivity contribution in [2.24, 2.45) is 0 Å². The Balaban J connectivity index is 3.99. The van der Waals surface area contributed by atoms with Crippen molar-refractivity contribution in [2.75, 3.05) is 13.2 Å². The van der Waals surface area contributed by atoms with E-state index in [2.05, 4.69) is 20.8 Å². The van der Waals surface area contributed by atoms with Gasteiger partial charge in [0, 0.05) is 19.3 Å². The van der Waals surface area contributed by atoms with Gasteiger partial charge in [-0.2, -0.15) is 0 Å². The summed E-state index contributed by atoms with van der Waals surface area (Å²) in [5, 5.41) is 0. The van der Waals surface area contributed by atoms with E-state index in [0.29, 0.717) is 19.3 Å². The fourth-order valence-corrected chi connectivity index (χ4v) is 10.7. The lowest BCUT2D eigenvalue weighted by Crippen LogP contribution is -2.30. The topological polar surface area (TPSA) is 78.9 Å². The molecule has 0 heterocycles. The second-order valence-corrected chi connectivity index (χ2v) is 23.5. The quantitative estimate of drug-likeness (QED) is 0.0343. The van der Waals surface area contributed by atoms with Gasteiger partial charge in [-0.05, 0) is 19.3 Å². The molecule has 0 aromatic heterocycles. The van der Waals surface area contributed by atoms with Crippen molar-refractivity contribution in [3.63, 3.8) is 0 Å². The van der Waals surface area contributed by atoms with Crippen LogP contribution in [0.4, 0.5) is 0 Å². The van der Waals surface area contributed by atoms with Crippen molar-refractivity contribution >= 4 is 17.9 Å². The second kappa shape index (κ2) is 63.9. The van der Waals surface area contributed by atoms with Crippen LogP contribution >= 0.6 is 0 Å². The summed E-state index contributed by atoms with van der Waals surface area (Å²) in [5.41, 5.74) is 0. The Morgan fingerprint density at radius 3 is 0.541 bits per heavy atom. The lowest BCUT2D eigenvalue weighted by atomic mass is 10.0. The molecular formula is C68H132O6. The number of ether oxygens (including phenoxy) is 3. The average molecular weight is 1050 g/mol. The number of esters is 3. The van der Waals surface area contributed by atoms with Gasteiger partial charge in [0.1, 0.15) is 13.2 Å². The van der Waals surface area contributed by atoms with E-state index in [9.17, 15) is 14.4 Å². The highest BCUT2D eigenvalue weighted by molar-refractivity contribution is 5.71. The summed E-state index contributed by atoms with van der Waals surface area (Å²) in [5.74, 6) is -0.831. The molecule has 0 aromatic rings. The predicted octanol–water partition coefficient (Wildman–Crippen LogP) is 23.1. The van der Waals surface area contributed by atoms with Crippen molar-refractivity contribution in [1.29, 1.82) is 0 Å². The number of rotatable bonds is 64. The molecule has 0 aliphatic carbocycles. The van der Waals surface area contributed by atoms with Crippen molar-refractivity contribution in [1.82, 2.24) is 0 Å². The molecule has 6 nitrogen and oxygen atoms in total. The number of carbonyl (C=O) groups is 3. The summed E-state index contributed by atoms with van der Waals surface area (Å²) in [6.45, 7) is 6.70.